The number of hydrogen-bond donors (Lipinski definition) is 1. The molecule has 0 radical (unpaired) electrons. The Morgan fingerprint density at radius 1 is 1.00 bits per heavy atom. The van der Waals surface area contributed by atoms with Gasteiger partial charge in [-0.2, -0.15) is 0 Å². The maximum absolute atomic E-state index is 3.32. The first kappa shape index (κ1) is 15.4. The Hall–Kier alpha value is -2.10. The Morgan fingerprint density at radius 2 is 1.88 bits per heavy atom. The lowest BCUT2D eigenvalue weighted by Crippen LogP contribution is -2.51. The molecule has 1 N–H and O–H groups in total. The minimum atomic E-state index is 0.589. The van der Waals surface area contributed by atoms with Crippen LogP contribution in [0.1, 0.15) is 11.1 Å². The normalized spacial score (nSPS) is 19.8. The molecule has 1 unspecified atom stereocenters. The molecule has 1 atom stereocenters. The smallest absolute Gasteiger partial charge is 0.0457 e. The first-order chi connectivity index (χ1) is 11.8. The zero-order valence-electron chi connectivity index (χ0n) is 14.3. The van der Waals surface area contributed by atoms with Crippen molar-refractivity contribution >= 4 is 10.9 Å². The fourth-order valence-corrected chi connectivity index (χ4v) is 3.79. The molecule has 2 heterocycles. The highest BCUT2D eigenvalue weighted by molar-refractivity contribution is 5.82. The van der Waals surface area contributed by atoms with Crippen LogP contribution < -0.4 is 0 Å². The number of rotatable bonds is 4. The van der Waals surface area contributed by atoms with Gasteiger partial charge in [0.15, 0.2) is 0 Å². The number of fused-ring (bicyclic) bond motifs is 1. The Kier molecular flexibility index (Phi) is 4.37. The van der Waals surface area contributed by atoms with Gasteiger partial charge in [0.25, 0.3) is 0 Å². The van der Waals surface area contributed by atoms with Crippen LogP contribution in [0, 0.1) is 0 Å². The Morgan fingerprint density at radius 3 is 2.75 bits per heavy atom. The molecule has 0 spiro atoms. The summed E-state index contributed by atoms with van der Waals surface area (Å²) < 4.78 is 0. The van der Waals surface area contributed by atoms with Gasteiger partial charge >= 0.3 is 0 Å². The molecular formula is C21H25N3. The summed E-state index contributed by atoms with van der Waals surface area (Å²) in [6.45, 7) is 4.45. The predicted octanol–water partition coefficient (Wildman–Crippen LogP) is 3.53. The van der Waals surface area contributed by atoms with Crippen molar-refractivity contribution in [1.29, 1.82) is 0 Å². The topological polar surface area (TPSA) is 22.3 Å². The first-order valence-electron chi connectivity index (χ1n) is 8.81. The fourth-order valence-electron chi connectivity index (χ4n) is 3.79. The minimum Gasteiger partial charge on any atom is -0.361 e. The molecule has 3 nitrogen and oxygen atoms in total. The van der Waals surface area contributed by atoms with E-state index < -0.39 is 0 Å². The molecule has 0 bridgehead atoms. The molecule has 24 heavy (non-hydrogen) atoms. The zero-order valence-corrected chi connectivity index (χ0v) is 14.3. The second kappa shape index (κ2) is 6.80. The van der Waals surface area contributed by atoms with Gasteiger partial charge in [-0.1, -0.05) is 42.5 Å². The highest BCUT2D eigenvalue weighted by Crippen LogP contribution is 2.21. The van der Waals surface area contributed by atoms with Crippen LogP contribution >= 0.6 is 0 Å². The molecule has 2 aromatic carbocycles. The molecule has 1 saturated heterocycles. The van der Waals surface area contributed by atoms with Crippen molar-refractivity contribution < 1.29 is 0 Å². The van der Waals surface area contributed by atoms with Crippen molar-refractivity contribution in [2.75, 3.05) is 26.7 Å². The summed E-state index contributed by atoms with van der Waals surface area (Å²) >= 11 is 0. The first-order valence-corrected chi connectivity index (χ1v) is 8.81. The maximum Gasteiger partial charge on any atom is 0.0457 e. The van der Waals surface area contributed by atoms with Crippen LogP contribution in [0.5, 0.6) is 0 Å². The van der Waals surface area contributed by atoms with Crippen molar-refractivity contribution in [3.05, 3.63) is 71.9 Å². The molecule has 3 aromatic rings. The number of H-pyrrole nitrogens is 1. The third-order valence-electron chi connectivity index (χ3n) is 5.25. The standard InChI is InChI=1S/C21H25N3/c1-23-12-13-24(16-19(23)14-17-6-3-2-4-7-17)15-18-8-5-9-21-20(18)10-11-22-21/h2-11,19,22H,12-16H2,1H3. The SMILES string of the molecule is CN1CCN(Cc2cccc3[nH]ccc23)CC1Cc1ccccc1. The largest absolute Gasteiger partial charge is 0.361 e. The summed E-state index contributed by atoms with van der Waals surface area (Å²) in [6.07, 6.45) is 3.17. The highest BCUT2D eigenvalue weighted by Gasteiger charge is 2.24. The molecule has 0 amide bonds. The molecular weight excluding hydrogens is 294 g/mol. The molecule has 0 saturated carbocycles. The van der Waals surface area contributed by atoms with Crippen LogP contribution in [-0.4, -0.2) is 47.5 Å². The number of aromatic nitrogens is 1. The maximum atomic E-state index is 3.32. The number of aromatic amines is 1. The molecule has 1 aliphatic rings. The molecule has 1 fully saturated rings. The van der Waals surface area contributed by atoms with Gasteiger partial charge in [0.05, 0.1) is 0 Å². The van der Waals surface area contributed by atoms with Crippen LogP contribution in [0.25, 0.3) is 10.9 Å². The molecule has 4 rings (SSSR count). The average Bonchev–Trinajstić information content (AvgIpc) is 3.09. The molecule has 3 heteroatoms. The molecule has 1 aromatic heterocycles. The van der Waals surface area contributed by atoms with Gasteiger partial charge in [-0.25, -0.2) is 0 Å². The van der Waals surface area contributed by atoms with Gasteiger partial charge in [0.2, 0.25) is 0 Å². The molecule has 0 aliphatic carbocycles. The lowest BCUT2D eigenvalue weighted by atomic mass is 10.0. The van der Waals surface area contributed by atoms with E-state index in [-0.39, 0.29) is 0 Å². The van der Waals surface area contributed by atoms with E-state index in [1.165, 1.54) is 22.0 Å². The van der Waals surface area contributed by atoms with Gasteiger partial charge in [0, 0.05) is 49.3 Å². The Labute approximate surface area is 143 Å². The van der Waals surface area contributed by atoms with Crippen LogP contribution in [0.3, 0.4) is 0 Å². The second-order valence-corrected chi connectivity index (χ2v) is 6.92. The van der Waals surface area contributed by atoms with E-state index in [1.54, 1.807) is 0 Å². The van der Waals surface area contributed by atoms with Crippen molar-refractivity contribution in [3.8, 4) is 0 Å². The number of nitrogens with zero attached hydrogens (tertiary/aromatic N) is 2. The van der Waals surface area contributed by atoms with Gasteiger partial charge in [-0.15, -0.1) is 0 Å². The average molecular weight is 319 g/mol. The summed E-state index contributed by atoms with van der Waals surface area (Å²) in [5.74, 6) is 0. The fraction of sp³-hybridized carbons (Fsp3) is 0.333. The summed E-state index contributed by atoms with van der Waals surface area (Å²) in [5, 5.41) is 1.36. The monoisotopic (exact) mass is 319 g/mol. The third-order valence-corrected chi connectivity index (χ3v) is 5.25. The van der Waals surface area contributed by atoms with E-state index in [0.717, 1.165) is 32.6 Å². The quantitative estimate of drug-likeness (QED) is 0.795. The summed E-state index contributed by atoms with van der Waals surface area (Å²) in [4.78, 5) is 8.44. The van der Waals surface area contributed by atoms with Crippen molar-refractivity contribution in [1.82, 2.24) is 14.8 Å². The van der Waals surface area contributed by atoms with E-state index in [2.05, 4.69) is 76.4 Å². The van der Waals surface area contributed by atoms with E-state index in [9.17, 15) is 0 Å². The number of hydrogen-bond acceptors (Lipinski definition) is 2. The van der Waals surface area contributed by atoms with Crippen LogP contribution in [0.2, 0.25) is 0 Å². The van der Waals surface area contributed by atoms with Gasteiger partial charge < -0.3 is 9.88 Å². The van der Waals surface area contributed by atoms with Crippen LogP contribution in [0.4, 0.5) is 0 Å². The molecule has 1 aliphatic heterocycles. The van der Waals surface area contributed by atoms with Gasteiger partial charge in [0.1, 0.15) is 0 Å². The van der Waals surface area contributed by atoms with Crippen molar-refractivity contribution in [2.45, 2.75) is 19.0 Å². The summed E-state index contributed by atoms with van der Waals surface area (Å²) in [6, 6.07) is 20.2. The Bertz CT molecular complexity index is 793. The predicted molar refractivity (Wildman–Crippen MR) is 100 cm³/mol. The summed E-state index contributed by atoms with van der Waals surface area (Å²) in [5.41, 5.74) is 4.10. The lowest BCUT2D eigenvalue weighted by Gasteiger charge is -2.39. The van der Waals surface area contributed by atoms with E-state index >= 15 is 0 Å². The van der Waals surface area contributed by atoms with Gasteiger partial charge in [-0.05, 0) is 36.7 Å². The van der Waals surface area contributed by atoms with Crippen LogP contribution in [-0.2, 0) is 13.0 Å². The van der Waals surface area contributed by atoms with E-state index in [1.807, 2.05) is 6.20 Å². The third kappa shape index (κ3) is 3.23. The van der Waals surface area contributed by atoms with E-state index in [0.29, 0.717) is 6.04 Å². The number of piperazine rings is 1. The molecule has 124 valence electrons. The minimum absolute atomic E-state index is 0.589. The van der Waals surface area contributed by atoms with Gasteiger partial charge in [-0.3, -0.25) is 4.90 Å². The van der Waals surface area contributed by atoms with E-state index in [4.69, 9.17) is 0 Å². The number of benzene rings is 2. The van der Waals surface area contributed by atoms with Crippen molar-refractivity contribution in [2.24, 2.45) is 0 Å². The Balaban J connectivity index is 1.47. The second-order valence-electron chi connectivity index (χ2n) is 6.92. The number of nitrogens with one attached hydrogen (secondary N) is 1. The highest BCUT2D eigenvalue weighted by atomic mass is 15.3. The number of likely N-dealkylation sites (N-methyl/N-ethyl adjacent to an activating group) is 1. The van der Waals surface area contributed by atoms with Crippen LogP contribution in [0.15, 0.2) is 60.8 Å². The zero-order chi connectivity index (χ0) is 16.4. The summed E-state index contributed by atoms with van der Waals surface area (Å²) in [7, 11) is 2.26. The lowest BCUT2D eigenvalue weighted by molar-refractivity contribution is 0.0908. The van der Waals surface area contributed by atoms with Crippen molar-refractivity contribution in [3.63, 3.8) is 0 Å².